The number of carbonyl (C=O) groups excluding carboxylic acids is 1. The molecular weight excluding hydrogens is 497 g/mol. The van der Waals surface area contributed by atoms with E-state index in [0.717, 1.165) is 49.0 Å². The molecule has 3 aliphatic heterocycles. The van der Waals surface area contributed by atoms with Gasteiger partial charge in [0.15, 0.2) is 0 Å². The van der Waals surface area contributed by atoms with Crippen molar-refractivity contribution >= 4 is 23.4 Å². The molecule has 2 aromatic rings. The van der Waals surface area contributed by atoms with Crippen molar-refractivity contribution < 1.29 is 22.7 Å². The van der Waals surface area contributed by atoms with Crippen molar-refractivity contribution in [1.29, 1.82) is 0 Å². The van der Waals surface area contributed by atoms with Crippen LogP contribution in [-0.2, 0) is 17.6 Å². The molecule has 5 rings (SSSR count). The number of halogens is 3. The molecule has 0 bridgehead atoms. The summed E-state index contributed by atoms with van der Waals surface area (Å²) in [5, 5.41) is 6.28. The summed E-state index contributed by atoms with van der Waals surface area (Å²) in [7, 11) is 1.34. The Kier molecular flexibility index (Phi) is 7.55. The highest BCUT2D eigenvalue weighted by atomic mass is 19.4. The first-order valence-corrected chi connectivity index (χ1v) is 12.9. The van der Waals surface area contributed by atoms with Crippen LogP contribution in [0.15, 0.2) is 48.2 Å². The van der Waals surface area contributed by atoms with Crippen molar-refractivity contribution in [3.05, 3.63) is 65.0 Å². The van der Waals surface area contributed by atoms with Gasteiger partial charge in [0.05, 0.1) is 23.9 Å². The number of ether oxygens (including phenoxy) is 1. The Hall–Kier alpha value is -3.60. The average molecular weight is 529 g/mol. The molecule has 8 nitrogen and oxygen atoms in total. The van der Waals surface area contributed by atoms with Crippen LogP contribution in [0.1, 0.15) is 40.9 Å². The molecule has 1 aromatic carbocycles. The number of dihydropyridines is 1. The summed E-state index contributed by atoms with van der Waals surface area (Å²) in [5.74, 6) is 0.866. The number of benzene rings is 1. The second-order valence-electron chi connectivity index (χ2n) is 9.62. The highest BCUT2D eigenvalue weighted by molar-refractivity contribution is 5.89. The van der Waals surface area contributed by atoms with E-state index in [1.165, 1.54) is 19.6 Å². The summed E-state index contributed by atoms with van der Waals surface area (Å²) in [6.45, 7) is 2.58. The molecule has 0 radical (unpaired) electrons. The molecule has 0 aliphatic carbocycles. The zero-order valence-corrected chi connectivity index (χ0v) is 21.2. The van der Waals surface area contributed by atoms with E-state index >= 15 is 0 Å². The second-order valence-corrected chi connectivity index (χ2v) is 9.62. The molecule has 1 saturated heterocycles. The fraction of sp³-hybridized carbons (Fsp3) is 0.444. The minimum absolute atomic E-state index is 0.411. The molecule has 0 amide bonds. The summed E-state index contributed by atoms with van der Waals surface area (Å²) in [4.78, 5) is 25.6. The Morgan fingerprint density at radius 3 is 2.50 bits per heavy atom. The van der Waals surface area contributed by atoms with Crippen LogP contribution >= 0.6 is 0 Å². The van der Waals surface area contributed by atoms with E-state index < -0.39 is 23.9 Å². The number of anilines is 3. The van der Waals surface area contributed by atoms with Gasteiger partial charge in [-0.1, -0.05) is 0 Å². The van der Waals surface area contributed by atoms with Crippen LogP contribution in [0.25, 0.3) is 0 Å². The highest BCUT2D eigenvalue weighted by Gasteiger charge is 2.41. The van der Waals surface area contributed by atoms with Crippen LogP contribution in [-0.4, -0.2) is 66.5 Å². The van der Waals surface area contributed by atoms with Gasteiger partial charge in [0.25, 0.3) is 0 Å². The van der Waals surface area contributed by atoms with Gasteiger partial charge in [-0.25, -0.2) is 9.78 Å². The number of piperidine rings is 1. The molecule has 1 atom stereocenters. The molecule has 0 saturated carbocycles. The Morgan fingerprint density at radius 2 is 1.79 bits per heavy atom. The Bertz CT molecular complexity index is 1220. The number of fused-ring (bicyclic) bond motifs is 1. The smallest absolute Gasteiger partial charge is 0.415 e. The number of nitrogens with one attached hydrogen (secondary N) is 2. The minimum atomic E-state index is -4.42. The first-order valence-electron chi connectivity index (χ1n) is 12.9. The molecule has 38 heavy (non-hydrogen) atoms. The number of nitrogens with zero attached hydrogens (tertiary/aromatic N) is 4. The van der Waals surface area contributed by atoms with Gasteiger partial charge in [-0.3, -0.25) is 4.90 Å². The van der Waals surface area contributed by atoms with Crippen LogP contribution in [0.3, 0.4) is 0 Å². The number of hydrogen-bond donors (Lipinski definition) is 2. The largest absolute Gasteiger partial charge is 0.465 e. The van der Waals surface area contributed by atoms with Gasteiger partial charge in [0.1, 0.15) is 12.0 Å². The Balaban J connectivity index is 1.44. The molecule has 1 aromatic heterocycles. The number of carbonyl (C=O) groups is 1. The predicted molar refractivity (Wildman–Crippen MR) is 138 cm³/mol. The SMILES string of the molecule is COC(=O)c1ccc(Nc2nc(N3CCCCC3)nc3c2CCN(C2NC=CC=C2C(F)(F)F)CC3)cc1. The molecule has 1 fully saturated rings. The molecule has 202 valence electrons. The van der Waals surface area contributed by atoms with Gasteiger partial charge in [0, 0.05) is 43.9 Å². The summed E-state index contributed by atoms with van der Waals surface area (Å²) in [5.41, 5.74) is 2.32. The Morgan fingerprint density at radius 1 is 1.05 bits per heavy atom. The topological polar surface area (TPSA) is 82.6 Å². The van der Waals surface area contributed by atoms with E-state index in [1.54, 1.807) is 30.5 Å². The van der Waals surface area contributed by atoms with Crippen LogP contribution < -0.4 is 15.5 Å². The maximum absolute atomic E-state index is 13.7. The number of alkyl halides is 3. The van der Waals surface area contributed by atoms with Crippen molar-refractivity contribution in [1.82, 2.24) is 20.2 Å². The third kappa shape index (κ3) is 5.62. The summed E-state index contributed by atoms with van der Waals surface area (Å²) < 4.78 is 46.0. The predicted octanol–water partition coefficient (Wildman–Crippen LogP) is 4.33. The summed E-state index contributed by atoms with van der Waals surface area (Å²) >= 11 is 0. The summed E-state index contributed by atoms with van der Waals surface area (Å²) in [6.07, 6.45) is 3.00. The van der Waals surface area contributed by atoms with Crippen LogP contribution in [0.2, 0.25) is 0 Å². The second kappa shape index (κ2) is 11.0. The van der Waals surface area contributed by atoms with Gasteiger partial charge >= 0.3 is 12.1 Å². The average Bonchev–Trinajstić information content (AvgIpc) is 3.16. The highest BCUT2D eigenvalue weighted by Crippen LogP contribution is 2.33. The van der Waals surface area contributed by atoms with Crippen LogP contribution in [0.5, 0.6) is 0 Å². The fourth-order valence-corrected chi connectivity index (χ4v) is 5.18. The van der Waals surface area contributed by atoms with E-state index in [0.29, 0.717) is 43.3 Å². The molecule has 0 spiro atoms. The van der Waals surface area contributed by atoms with Gasteiger partial charge in [0.2, 0.25) is 5.95 Å². The zero-order chi connectivity index (χ0) is 26.7. The first-order chi connectivity index (χ1) is 18.3. The number of methoxy groups -OCH3 is 1. The molecule has 1 unspecified atom stereocenters. The van der Waals surface area contributed by atoms with E-state index in [-0.39, 0.29) is 0 Å². The molecular formula is C27H31F3N6O2. The third-order valence-corrected chi connectivity index (χ3v) is 7.19. The third-order valence-electron chi connectivity index (χ3n) is 7.19. The molecule has 2 N–H and O–H groups in total. The molecule has 11 heteroatoms. The number of esters is 1. The zero-order valence-electron chi connectivity index (χ0n) is 21.2. The van der Waals surface area contributed by atoms with Crippen molar-refractivity contribution in [2.45, 2.75) is 44.4 Å². The lowest BCUT2D eigenvalue weighted by Crippen LogP contribution is -2.50. The normalized spacial score (nSPS) is 20.2. The molecule has 3 aliphatic rings. The van der Waals surface area contributed by atoms with Crippen LogP contribution in [0.4, 0.5) is 30.6 Å². The quantitative estimate of drug-likeness (QED) is 0.555. The number of aromatic nitrogens is 2. The van der Waals surface area contributed by atoms with Gasteiger partial charge in [-0.2, -0.15) is 18.2 Å². The van der Waals surface area contributed by atoms with Crippen LogP contribution in [0, 0.1) is 0 Å². The number of hydrogen-bond acceptors (Lipinski definition) is 8. The van der Waals surface area contributed by atoms with Gasteiger partial charge < -0.3 is 20.3 Å². The van der Waals surface area contributed by atoms with Crippen molar-refractivity contribution in [2.75, 3.05) is 43.5 Å². The molecule has 4 heterocycles. The monoisotopic (exact) mass is 528 g/mol. The number of allylic oxidation sites excluding steroid dienone is 2. The summed E-state index contributed by atoms with van der Waals surface area (Å²) in [6, 6.07) is 6.91. The van der Waals surface area contributed by atoms with Crippen molar-refractivity contribution in [2.24, 2.45) is 0 Å². The standard InChI is InChI=1S/C27H31F3N6O2/c1-38-25(37)18-7-9-19(10-8-18)32-23-20-11-16-35(24-21(27(28,29)30)6-5-13-31-24)17-12-22(20)33-26(34-23)36-14-3-2-4-15-36/h5-10,13,24,31H,2-4,11-12,14-17H2,1H3,(H,32,33,34). The number of rotatable bonds is 5. The lowest BCUT2D eigenvalue weighted by molar-refractivity contribution is -0.103. The van der Waals surface area contributed by atoms with Crippen molar-refractivity contribution in [3.8, 4) is 0 Å². The lowest BCUT2D eigenvalue weighted by Gasteiger charge is -2.34. The maximum Gasteiger partial charge on any atom is 0.415 e. The van der Waals surface area contributed by atoms with E-state index in [2.05, 4.69) is 15.5 Å². The fourth-order valence-electron chi connectivity index (χ4n) is 5.18. The van der Waals surface area contributed by atoms with E-state index in [4.69, 9.17) is 14.7 Å². The van der Waals surface area contributed by atoms with Crippen molar-refractivity contribution in [3.63, 3.8) is 0 Å². The van der Waals surface area contributed by atoms with Gasteiger partial charge in [-0.05, 0) is 68.3 Å². The maximum atomic E-state index is 13.7. The first kappa shape index (κ1) is 26.0. The lowest BCUT2D eigenvalue weighted by atomic mass is 10.1. The Labute approximate surface area is 219 Å². The minimum Gasteiger partial charge on any atom is -0.465 e. The van der Waals surface area contributed by atoms with E-state index in [1.807, 2.05) is 4.90 Å². The van der Waals surface area contributed by atoms with Gasteiger partial charge in [-0.15, -0.1) is 0 Å². The van der Waals surface area contributed by atoms with E-state index in [9.17, 15) is 18.0 Å².